The number of aliphatic carboxylic acids is 1. The lowest BCUT2D eigenvalue weighted by Crippen LogP contribution is -2.32. The van der Waals surface area contributed by atoms with Crippen molar-refractivity contribution in [2.45, 2.75) is 13.3 Å². The molecule has 0 aliphatic carbocycles. The lowest BCUT2D eigenvalue weighted by Gasteiger charge is -2.18. The molecule has 6 nitrogen and oxygen atoms in total. The summed E-state index contributed by atoms with van der Waals surface area (Å²) in [4.78, 5) is 31.5. The average molecular weight is 323 g/mol. The molecular weight excluding hydrogens is 310 g/mol. The molecule has 1 N–H and O–H groups in total. The molecule has 0 fully saturated rings. The molecule has 0 radical (unpaired) electrons. The van der Waals surface area contributed by atoms with E-state index < -0.39 is 5.97 Å². The van der Waals surface area contributed by atoms with E-state index in [4.69, 9.17) is 5.11 Å². The predicted octanol–water partition coefficient (Wildman–Crippen LogP) is 2.55. The van der Waals surface area contributed by atoms with E-state index in [9.17, 15) is 9.59 Å². The smallest absolute Gasteiger partial charge is 0.305 e. The first-order chi connectivity index (χ1) is 10.1. The standard InChI is InChI=1S/C13H13N3O3S2/c1-2-15(4-3-10(17)18)12(19)9-7-8-11(21-9)14-13-16(8)5-6-20-13/h5-7H,2-4H2,1H3,(H,17,18). The summed E-state index contributed by atoms with van der Waals surface area (Å²) in [5, 5.41) is 10.7. The number of nitrogens with zero attached hydrogens (tertiary/aromatic N) is 3. The van der Waals surface area contributed by atoms with Crippen molar-refractivity contribution in [2.24, 2.45) is 0 Å². The van der Waals surface area contributed by atoms with E-state index in [2.05, 4.69) is 4.98 Å². The number of carboxylic acid groups (broad SMARTS) is 1. The molecule has 0 aliphatic heterocycles. The second-order valence-electron chi connectivity index (χ2n) is 4.50. The fourth-order valence-corrected chi connectivity index (χ4v) is 3.91. The van der Waals surface area contributed by atoms with Gasteiger partial charge in [0.1, 0.15) is 4.83 Å². The summed E-state index contributed by atoms with van der Waals surface area (Å²) in [5.41, 5.74) is 0.925. The third-order valence-electron chi connectivity index (χ3n) is 3.22. The summed E-state index contributed by atoms with van der Waals surface area (Å²) in [6.07, 6.45) is 1.89. The maximum atomic E-state index is 12.4. The number of rotatable bonds is 5. The summed E-state index contributed by atoms with van der Waals surface area (Å²) in [6.45, 7) is 2.56. The Labute approximate surface area is 128 Å². The molecule has 0 aromatic carbocycles. The van der Waals surface area contributed by atoms with Gasteiger partial charge in [-0.2, -0.15) is 0 Å². The van der Waals surface area contributed by atoms with E-state index in [1.54, 1.807) is 16.2 Å². The van der Waals surface area contributed by atoms with Gasteiger partial charge in [-0.25, -0.2) is 4.98 Å². The largest absolute Gasteiger partial charge is 0.481 e. The SMILES string of the molecule is CCN(CCC(=O)O)C(=O)c1cc2c(nc3sccn32)s1. The van der Waals surface area contributed by atoms with Crippen molar-refractivity contribution in [3.05, 3.63) is 22.5 Å². The van der Waals surface area contributed by atoms with Gasteiger partial charge in [0.15, 0.2) is 4.96 Å². The first-order valence-electron chi connectivity index (χ1n) is 6.46. The van der Waals surface area contributed by atoms with Crippen molar-refractivity contribution in [2.75, 3.05) is 13.1 Å². The Hall–Kier alpha value is -1.93. The highest BCUT2D eigenvalue weighted by atomic mass is 32.1. The third kappa shape index (κ3) is 2.52. The van der Waals surface area contributed by atoms with Crippen LogP contribution in [-0.4, -0.2) is 44.4 Å². The van der Waals surface area contributed by atoms with E-state index in [1.807, 2.05) is 29.0 Å². The van der Waals surface area contributed by atoms with Crippen LogP contribution in [0.3, 0.4) is 0 Å². The molecule has 3 aromatic heterocycles. The number of hydrogen-bond donors (Lipinski definition) is 1. The summed E-state index contributed by atoms with van der Waals surface area (Å²) < 4.78 is 1.96. The normalized spacial score (nSPS) is 11.3. The minimum absolute atomic E-state index is 0.0432. The van der Waals surface area contributed by atoms with Gasteiger partial charge in [0, 0.05) is 24.7 Å². The summed E-state index contributed by atoms with van der Waals surface area (Å²) in [7, 11) is 0. The molecule has 110 valence electrons. The molecule has 0 saturated heterocycles. The number of thiazole rings is 1. The Bertz CT molecular complexity index is 817. The van der Waals surface area contributed by atoms with Gasteiger partial charge in [-0.05, 0) is 13.0 Å². The third-order valence-corrected chi connectivity index (χ3v) is 4.98. The maximum absolute atomic E-state index is 12.4. The maximum Gasteiger partial charge on any atom is 0.305 e. The Morgan fingerprint density at radius 2 is 2.29 bits per heavy atom. The lowest BCUT2D eigenvalue weighted by atomic mass is 10.3. The molecule has 0 saturated carbocycles. The van der Waals surface area contributed by atoms with Crippen molar-refractivity contribution in [3.63, 3.8) is 0 Å². The highest BCUT2D eigenvalue weighted by Gasteiger charge is 2.19. The fraction of sp³-hybridized carbons (Fsp3) is 0.308. The second-order valence-corrected chi connectivity index (χ2v) is 6.40. The van der Waals surface area contributed by atoms with E-state index in [0.717, 1.165) is 15.3 Å². The number of carbonyl (C=O) groups excluding carboxylic acids is 1. The number of imidazole rings is 1. The van der Waals surface area contributed by atoms with Crippen molar-refractivity contribution in [3.8, 4) is 0 Å². The molecule has 3 heterocycles. The van der Waals surface area contributed by atoms with Crippen LogP contribution in [-0.2, 0) is 4.79 Å². The quantitative estimate of drug-likeness (QED) is 0.783. The molecule has 0 spiro atoms. The molecule has 1 amide bonds. The van der Waals surface area contributed by atoms with Crippen molar-refractivity contribution in [1.29, 1.82) is 0 Å². The van der Waals surface area contributed by atoms with E-state index in [0.29, 0.717) is 11.4 Å². The van der Waals surface area contributed by atoms with Crippen LogP contribution in [0.4, 0.5) is 0 Å². The van der Waals surface area contributed by atoms with Crippen molar-refractivity contribution >= 4 is 49.9 Å². The Morgan fingerprint density at radius 1 is 1.48 bits per heavy atom. The van der Waals surface area contributed by atoms with E-state index in [1.165, 1.54) is 11.3 Å². The number of hydrogen-bond acceptors (Lipinski definition) is 5. The number of amides is 1. The zero-order chi connectivity index (χ0) is 15.0. The minimum Gasteiger partial charge on any atom is -0.481 e. The molecule has 3 rings (SSSR count). The van der Waals surface area contributed by atoms with Crippen molar-refractivity contribution in [1.82, 2.24) is 14.3 Å². The molecule has 21 heavy (non-hydrogen) atoms. The van der Waals surface area contributed by atoms with Gasteiger partial charge in [0.05, 0.1) is 16.8 Å². The average Bonchev–Trinajstić information content (AvgIpc) is 3.09. The summed E-state index contributed by atoms with van der Waals surface area (Å²) in [5.74, 6) is -1.03. The number of aromatic nitrogens is 2. The van der Waals surface area contributed by atoms with Crippen LogP contribution in [0.5, 0.6) is 0 Å². The van der Waals surface area contributed by atoms with Crippen LogP contribution in [0, 0.1) is 0 Å². The molecule has 0 atom stereocenters. The summed E-state index contributed by atoms with van der Waals surface area (Å²) in [6, 6.07) is 1.83. The topological polar surface area (TPSA) is 74.9 Å². The fourth-order valence-electron chi connectivity index (χ4n) is 2.14. The first kappa shape index (κ1) is 14.0. The second kappa shape index (κ2) is 5.45. The van der Waals surface area contributed by atoms with Crippen LogP contribution in [0.15, 0.2) is 17.6 Å². The van der Waals surface area contributed by atoms with Crippen LogP contribution >= 0.6 is 22.7 Å². The molecule has 3 aromatic rings. The van der Waals surface area contributed by atoms with E-state index >= 15 is 0 Å². The Kier molecular flexibility index (Phi) is 3.64. The Morgan fingerprint density at radius 3 is 3.00 bits per heavy atom. The van der Waals surface area contributed by atoms with Crippen LogP contribution in [0.25, 0.3) is 15.3 Å². The number of fused-ring (bicyclic) bond motifs is 3. The predicted molar refractivity (Wildman–Crippen MR) is 82.3 cm³/mol. The first-order valence-corrected chi connectivity index (χ1v) is 8.16. The lowest BCUT2D eigenvalue weighted by molar-refractivity contribution is -0.137. The molecule has 0 aliphatic rings. The van der Waals surface area contributed by atoms with Gasteiger partial charge >= 0.3 is 5.97 Å². The van der Waals surface area contributed by atoms with Gasteiger partial charge in [-0.15, -0.1) is 22.7 Å². The highest BCUT2D eigenvalue weighted by Crippen LogP contribution is 2.29. The van der Waals surface area contributed by atoms with Gasteiger partial charge in [0.25, 0.3) is 5.91 Å². The monoisotopic (exact) mass is 323 g/mol. The summed E-state index contributed by atoms with van der Waals surface area (Å²) >= 11 is 2.90. The van der Waals surface area contributed by atoms with Crippen molar-refractivity contribution < 1.29 is 14.7 Å². The number of thiophene rings is 1. The number of carbonyl (C=O) groups is 2. The molecule has 0 bridgehead atoms. The zero-order valence-electron chi connectivity index (χ0n) is 11.3. The van der Waals surface area contributed by atoms with Crippen LogP contribution in [0.1, 0.15) is 23.0 Å². The highest BCUT2D eigenvalue weighted by molar-refractivity contribution is 7.21. The van der Waals surface area contributed by atoms with Gasteiger partial charge in [-0.3, -0.25) is 14.0 Å². The molecule has 8 heteroatoms. The van der Waals surface area contributed by atoms with Gasteiger partial charge < -0.3 is 10.0 Å². The van der Waals surface area contributed by atoms with Crippen LogP contribution < -0.4 is 0 Å². The molecular formula is C13H13N3O3S2. The van der Waals surface area contributed by atoms with Gasteiger partial charge in [-0.1, -0.05) is 0 Å². The van der Waals surface area contributed by atoms with Crippen LogP contribution in [0.2, 0.25) is 0 Å². The van der Waals surface area contributed by atoms with E-state index in [-0.39, 0.29) is 18.9 Å². The zero-order valence-corrected chi connectivity index (χ0v) is 12.9. The number of carboxylic acids is 1. The molecule has 0 unspecified atom stereocenters. The minimum atomic E-state index is -0.900. The Balaban J connectivity index is 1.88. The van der Waals surface area contributed by atoms with Gasteiger partial charge in [0.2, 0.25) is 0 Å².